The Kier molecular flexibility index (Phi) is 9.52. The van der Waals surface area contributed by atoms with Gasteiger partial charge in [0, 0.05) is 36.3 Å². The Hall–Kier alpha value is -3.89. The number of rotatable bonds is 12. The molecule has 2 saturated heterocycles. The van der Waals surface area contributed by atoms with Crippen molar-refractivity contribution in [1.29, 1.82) is 0 Å². The number of carboxylic acids is 1. The fourth-order valence-corrected chi connectivity index (χ4v) is 8.20. The molecule has 3 amide bonds. The van der Waals surface area contributed by atoms with E-state index >= 15 is 0 Å². The quantitative estimate of drug-likeness (QED) is 0.0514. The number of anilines is 1. The number of ether oxygens (including phenoxy) is 1. The highest BCUT2D eigenvalue weighted by Gasteiger charge is 2.57. The van der Waals surface area contributed by atoms with Crippen molar-refractivity contribution >= 4 is 75.1 Å². The third-order valence-electron chi connectivity index (χ3n) is 7.24. The number of hydrogen-bond acceptors (Lipinski definition) is 17. The van der Waals surface area contributed by atoms with Crippen molar-refractivity contribution in [3.63, 3.8) is 0 Å². The van der Waals surface area contributed by atoms with Crippen LogP contribution in [0.4, 0.5) is 5.13 Å². The van der Waals surface area contributed by atoms with Gasteiger partial charge in [0.15, 0.2) is 16.7 Å². The molecular weight excluding hydrogens is 663 g/mol. The SMILES string of the molecule is COCN1C=C2N=C(C)C=C(SCC3(C(=O)O)CS[C@@H]4C(NC(=O)C(=NOC(C)(C)C(=O)NN)c5csc(N)n5)C(=O)N4C3)N2N1. The normalized spacial score (nSPS) is 24.3. The number of amides is 3. The van der Waals surface area contributed by atoms with Crippen molar-refractivity contribution in [3.8, 4) is 0 Å². The Bertz CT molecular complexity index is 1560. The highest BCUT2D eigenvalue weighted by atomic mass is 32.2. The second kappa shape index (κ2) is 13.1. The number of thiazole rings is 1. The molecule has 248 valence electrons. The Morgan fingerprint density at radius 2 is 2.13 bits per heavy atom. The first kappa shape index (κ1) is 33.5. The van der Waals surface area contributed by atoms with Crippen molar-refractivity contribution in [2.45, 2.75) is 37.8 Å². The van der Waals surface area contributed by atoms with Gasteiger partial charge in [0.1, 0.15) is 29.3 Å². The van der Waals surface area contributed by atoms with Crippen LogP contribution in [0.2, 0.25) is 0 Å². The summed E-state index contributed by atoms with van der Waals surface area (Å²) in [5.74, 6) is 3.25. The number of carbonyl (C=O) groups is 4. The summed E-state index contributed by atoms with van der Waals surface area (Å²) in [6, 6.07) is -0.952. The van der Waals surface area contributed by atoms with E-state index in [1.54, 1.807) is 23.3 Å². The van der Waals surface area contributed by atoms with Crippen LogP contribution in [0.5, 0.6) is 0 Å². The first-order valence-electron chi connectivity index (χ1n) is 13.7. The first-order chi connectivity index (χ1) is 21.8. The van der Waals surface area contributed by atoms with Crippen LogP contribution >= 0.6 is 34.9 Å². The molecule has 4 aliphatic rings. The lowest BCUT2D eigenvalue weighted by Gasteiger charge is -2.53. The molecule has 2 unspecified atom stereocenters. The summed E-state index contributed by atoms with van der Waals surface area (Å²) >= 11 is 3.67. The number of methoxy groups -OCH3 is 1. The Morgan fingerprint density at radius 3 is 2.78 bits per heavy atom. The van der Waals surface area contributed by atoms with Crippen molar-refractivity contribution in [2.75, 3.05) is 37.6 Å². The van der Waals surface area contributed by atoms with Gasteiger partial charge in [0.2, 0.25) is 11.5 Å². The summed E-state index contributed by atoms with van der Waals surface area (Å²) in [6.07, 6.45) is 3.63. The molecule has 8 N–H and O–H groups in total. The van der Waals surface area contributed by atoms with Crippen molar-refractivity contribution < 1.29 is 33.9 Å². The molecule has 3 atom stereocenters. The number of hydrogen-bond donors (Lipinski definition) is 6. The van der Waals surface area contributed by atoms with E-state index in [1.807, 2.05) is 18.4 Å². The fourth-order valence-electron chi connectivity index (χ4n) is 4.72. The average molecular weight is 696 g/mol. The molecule has 21 heteroatoms. The summed E-state index contributed by atoms with van der Waals surface area (Å²) in [5.41, 5.74) is 8.59. The van der Waals surface area contributed by atoms with Gasteiger partial charge in [-0.2, -0.15) is 0 Å². The van der Waals surface area contributed by atoms with Gasteiger partial charge in [-0.1, -0.05) is 5.16 Å². The number of thioether (sulfide) groups is 2. The molecule has 18 nitrogen and oxygen atoms in total. The maximum absolute atomic E-state index is 13.4. The van der Waals surface area contributed by atoms with E-state index in [0.717, 1.165) is 22.1 Å². The molecule has 0 aromatic carbocycles. The summed E-state index contributed by atoms with van der Waals surface area (Å²) in [4.78, 5) is 66.8. The van der Waals surface area contributed by atoms with E-state index in [1.165, 1.54) is 47.7 Å². The van der Waals surface area contributed by atoms with Gasteiger partial charge in [0.25, 0.3) is 11.8 Å². The number of oxime groups is 1. The minimum absolute atomic E-state index is 0.0421. The molecule has 0 spiro atoms. The number of nitrogens with two attached hydrogens (primary N) is 2. The number of nitrogens with zero attached hydrogens (tertiary/aromatic N) is 6. The second-order valence-electron chi connectivity index (χ2n) is 11.1. The van der Waals surface area contributed by atoms with Gasteiger partial charge < -0.3 is 30.6 Å². The number of nitrogens with one attached hydrogen (secondary N) is 3. The molecule has 5 heterocycles. The lowest BCUT2D eigenvalue weighted by atomic mass is 9.89. The van der Waals surface area contributed by atoms with E-state index in [4.69, 9.17) is 21.2 Å². The molecule has 0 bridgehead atoms. The molecular formula is C25H33N11O7S3. The van der Waals surface area contributed by atoms with Crippen molar-refractivity contribution in [1.82, 2.24) is 36.2 Å². The van der Waals surface area contributed by atoms with Crippen LogP contribution in [-0.2, 0) is 28.8 Å². The molecule has 5 rings (SSSR count). The van der Waals surface area contributed by atoms with E-state index in [0.29, 0.717) is 5.82 Å². The molecule has 4 aliphatic heterocycles. The second-order valence-corrected chi connectivity index (χ2v) is 14.1. The number of hydrazine groups is 3. The van der Waals surface area contributed by atoms with Crippen LogP contribution in [0, 0.1) is 5.41 Å². The minimum atomic E-state index is -1.53. The summed E-state index contributed by atoms with van der Waals surface area (Å²) in [6.45, 7) is 4.88. The molecule has 0 saturated carbocycles. The number of aliphatic carboxylic acids is 1. The predicted octanol–water partition coefficient (Wildman–Crippen LogP) is -0.825. The van der Waals surface area contributed by atoms with Gasteiger partial charge in [-0.15, -0.1) is 40.4 Å². The zero-order valence-corrected chi connectivity index (χ0v) is 27.6. The van der Waals surface area contributed by atoms with Crippen molar-refractivity contribution in [2.24, 2.45) is 21.4 Å². The highest BCUT2D eigenvalue weighted by molar-refractivity contribution is 8.03. The standard InChI is InChI=1S/C25H33N11O7S3/c1-12-5-15(36-14(28-12)6-34(33-36)11-42-4)45-9-25(22(40)41)8-35-19(38)17(20(35)46-10-25)30-18(37)16(13-7-44-23(26)29-13)32-43-24(2,3)21(39)31-27/h5-7,17,20,33H,8-11,27H2,1-4H3,(H2,26,29)(H,30,37)(H,31,39)(H,40,41)/t17?,20-,25?/m1/s1. The molecule has 0 radical (unpaired) electrons. The maximum atomic E-state index is 13.4. The fraction of sp³-hybridized carbons (Fsp3) is 0.480. The zero-order chi connectivity index (χ0) is 33.4. The van der Waals surface area contributed by atoms with Crippen LogP contribution in [0.3, 0.4) is 0 Å². The molecule has 1 aromatic heterocycles. The van der Waals surface area contributed by atoms with Crippen LogP contribution in [0.25, 0.3) is 0 Å². The molecule has 2 fully saturated rings. The third kappa shape index (κ3) is 6.51. The van der Waals surface area contributed by atoms with Crippen LogP contribution in [-0.4, -0.2) is 109 Å². The average Bonchev–Trinajstić information content (AvgIpc) is 3.63. The lowest BCUT2D eigenvalue weighted by molar-refractivity contribution is -0.157. The number of aliphatic imine (C=N–C) groups is 1. The molecule has 0 aliphatic carbocycles. The number of nitrogen functional groups attached to an aromatic ring is 1. The lowest BCUT2D eigenvalue weighted by Crippen LogP contribution is -2.74. The maximum Gasteiger partial charge on any atom is 0.313 e. The Balaban J connectivity index is 1.26. The van der Waals surface area contributed by atoms with E-state index in [2.05, 4.69) is 26.0 Å². The third-order valence-corrected chi connectivity index (χ3v) is 10.8. The smallest absolute Gasteiger partial charge is 0.313 e. The number of aromatic nitrogens is 1. The van der Waals surface area contributed by atoms with E-state index in [9.17, 15) is 24.3 Å². The number of β-lactam (4-membered cyclic amide) rings is 1. The van der Waals surface area contributed by atoms with Gasteiger partial charge in [-0.3, -0.25) is 29.6 Å². The van der Waals surface area contributed by atoms with Crippen LogP contribution in [0.15, 0.2) is 38.7 Å². The van der Waals surface area contributed by atoms with Gasteiger partial charge >= 0.3 is 5.97 Å². The van der Waals surface area contributed by atoms with Gasteiger partial charge in [-0.25, -0.2) is 20.8 Å². The number of carbonyl (C=O) groups excluding carboxylic acids is 3. The van der Waals surface area contributed by atoms with Crippen molar-refractivity contribution in [3.05, 3.63) is 34.2 Å². The summed E-state index contributed by atoms with van der Waals surface area (Å²) in [5, 5.41) is 22.2. The van der Waals surface area contributed by atoms with Crippen LogP contribution < -0.4 is 27.9 Å². The number of carboxylic acid groups (broad SMARTS) is 1. The van der Waals surface area contributed by atoms with E-state index in [-0.39, 0.29) is 41.3 Å². The Morgan fingerprint density at radius 1 is 1.37 bits per heavy atom. The summed E-state index contributed by atoms with van der Waals surface area (Å²) in [7, 11) is 1.57. The summed E-state index contributed by atoms with van der Waals surface area (Å²) < 4.78 is 5.18. The topological polar surface area (TPSA) is 242 Å². The molecule has 1 aromatic rings. The minimum Gasteiger partial charge on any atom is -0.481 e. The Labute approximate surface area is 275 Å². The molecule has 46 heavy (non-hydrogen) atoms. The van der Waals surface area contributed by atoms with Crippen LogP contribution in [0.1, 0.15) is 26.5 Å². The highest BCUT2D eigenvalue weighted by Crippen LogP contribution is 2.45. The number of fused-ring (bicyclic) bond motifs is 2. The first-order valence-corrected chi connectivity index (χ1v) is 16.6. The van der Waals surface area contributed by atoms with E-state index < -0.39 is 46.1 Å². The monoisotopic (exact) mass is 695 g/mol. The van der Waals surface area contributed by atoms with Gasteiger partial charge in [0.05, 0.1) is 11.2 Å². The van der Waals surface area contributed by atoms with Gasteiger partial charge in [-0.05, 0) is 26.8 Å². The zero-order valence-electron chi connectivity index (χ0n) is 25.2. The predicted molar refractivity (Wildman–Crippen MR) is 171 cm³/mol. The number of allylic oxidation sites excluding steroid dienone is 1. The largest absolute Gasteiger partial charge is 0.481 e.